The van der Waals surface area contributed by atoms with Gasteiger partial charge in [0.05, 0.1) is 5.02 Å². The molecule has 0 bridgehead atoms. The number of rotatable bonds is 3. The number of hydrogen-bond donors (Lipinski definition) is 1. The first kappa shape index (κ1) is 12.9. The highest BCUT2D eigenvalue weighted by Crippen LogP contribution is 2.30. The van der Waals surface area contributed by atoms with Crippen molar-refractivity contribution in [3.63, 3.8) is 0 Å². The summed E-state index contributed by atoms with van der Waals surface area (Å²) in [7, 11) is 0. The number of carboxylic acid groups (broad SMARTS) is 1. The van der Waals surface area contributed by atoms with Crippen LogP contribution in [0.2, 0.25) is 5.02 Å². The summed E-state index contributed by atoms with van der Waals surface area (Å²) in [5, 5.41) is 9.95. The maximum atomic E-state index is 11.4. The third-order valence-electron chi connectivity index (χ3n) is 3.00. The Bertz CT molecular complexity index is 433. The van der Waals surface area contributed by atoms with E-state index in [1.165, 1.54) is 0 Å². The minimum absolute atomic E-state index is 0.564. The van der Waals surface area contributed by atoms with Crippen LogP contribution in [-0.2, 0) is 4.79 Å². The molecule has 1 aliphatic rings. The Labute approximate surface area is 114 Å². The van der Waals surface area contributed by atoms with Gasteiger partial charge in [0, 0.05) is 4.47 Å². The lowest BCUT2D eigenvalue weighted by Crippen LogP contribution is -2.31. The molecule has 17 heavy (non-hydrogen) atoms. The maximum absolute atomic E-state index is 11.4. The number of carbonyl (C=O) groups is 1. The number of carboxylic acids is 1. The van der Waals surface area contributed by atoms with Crippen LogP contribution >= 0.6 is 27.5 Å². The fourth-order valence-electron chi connectivity index (χ4n) is 2.19. The van der Waals surface area contributed by atoms with Crippen molar-refractivity contribution in [3.8, 4) is 0 Å². The van der Waals surface area contributed by atoms with Crippen LogP contribution in [0, 0.1) is 0 Å². The topological polar surface area (TPSA) is 40.5 Å². The lowest BCUT2D eigenvalue weighted by molar-refractivity contribution is -0.143. The number of aliphatic carboxylic acids is 1. The minimum atomic E-state index is -0.805. The van der Waals surface area contributed by atoms with Crippen LogP contribution in [0.5, 0.6) is 0 Å². The van der Waals surface area contributed by atoms with Gasteiger partial charge in [0.25, 0.3) is 0 Å². The molecule has 1 aromatic carbocycles. The normalized spacial score (nSPS) is 18.2. The Morgan fingerprint density at radius 2 is 2.06 bits per heavy atom. The average Bonchev–Trinajstić information content (AvgIpc) is 2.76. The van der Waals surface area contributed by atoms with Crippen molar-refractivity contribution in [1.29, 1.82) is 0 Å². The molecule has 0 saturated carbocycles. The molecule has 1 fully saturated rings. The summed E-state index contributed by atoms with van der Waals surface area (Å²) in [5.74, 6) is -0.805. The lowest BCUT2D eigenvalue weighted by Gasteiger charge is -2.24. The molecule has 1 N–H and O–H groups in total. The summed E-state index contributed by atoms with van der Waals surface area (Å²) in [6, 6.07) is 4.74. The van der Waals surface area contributed by atoms with Gasteiger partial charge < -0.3 is 5.11 Å². The van der Waals surface area contributed by atoms with Crippen molar-refractivity contribution < 1.29 is 9.90 Å². The van der Waals surface area contributed by atoms with E-state index < -0.39 is 12.0 Å². The Hall–Kier alpha value is -0.580. The van der Waals surface area contributed by atoms with Crippen LogP contribution in [0.1, 0.15) is 24.4 Å². The molecule has 1 atom stereocenters. The van der Waals surface area contributed by atoms with E-state index in [2.05, 4.69) is 15.9 Å². The van der Waals surface area contributed by atoms with Gasteiger partial charge >= 0.3 is 5.97 Å². The molecule has 92 valence electrons. The second-order valence-electron chi connectivity index (χ2n) is 4.16. The summed E-state index contributed by atoms with van der Waals surface area (Å²) >= 11 is 9.25. The number of likely N-dealkylation sites (tertiary alicyclic amines) is 1. The maximum Gasteiger partial charge on any atom is 0.325 e. The van der Waals surface area contributed by atoms with E-state index in [9.17, 15) is 9.90 Å². The van der Waals surface area contributed by atoms with E-state index in [0.29, 0.717) is 5.02 Å². The van der Waals surface area contributed by atoms with Crippen LogP contribution in [-0.4, -0.2) is 29.1 Å². The van der Waals surface area contributed by atoms with Gasteiger partial charge in [-0.3, -0.25) is 9.69 Å². The van der Waals surface area contributed by atoms with Gasteiger partial charge in [-0.15, -0.1) is 0 Å². The molecule has 1 unspecified atom stereocenters. The van der Waals surface area contributed by atoms with Crippen LogP contribution < -0.4 is 0 Å². The van der Waals surface area contributed by atoms with Crippen molar-refractivity contribution in [3.05, 3.63) is 33.3 Å². The van der Waals surface area contributed by atoms with Gasteiger partial charge in [0.1, 0.15) is 6.04 Å². The predicted molar refractivity (Wildman–Crippen MR) is 70.3 cm³/mol. The third-order valence-corrected chi connectivity index (χ3v) is 4.21. The van der Waals surface area contributed by atoms with Crippen molar-refractivity contribution in [1.82, 2.24) is 4.90 Å². The zero-order valence-electron chi connectivity index (χ0n) is 9.20. The van der Waals surface area contributed by atoms with E-state index >= 15 is 0 Å². The molecule has 1 heterocycles. The Kier molecular flexibility index (Phi) is 4.07. The molecule has 0 amide bonds. The SMILES string of the molecule is O=C(O)C(c1ccc(Cl)c(Br)c1)N1CCCC1. The average molecular weight is 319 g/mol. The van der Waals surface area contributed by atoms with Gasteiger partial charge in [-0.2, -0.15) is 0 Å². The van der Waals surface area contributed by atoms with Crippen molar-refractivity contribution >= 4 is 33.5 Å². The summed E-state index contributed by atoms with van der Waals surface area (Å²) in [4.78, 5) is 13.4. The molecule has 0 aliphatic carbocycles. The predicted octanol–water partition coefficient (Wildman–Crippen LogP) is 3.32. The number of halogens is 2. The van der Waals surface area contributed by atoms with Crippen LogP contribution in [0.4, 0.5) is 0 Å². The first-order valence-electron chi connectivity index (χ1n) is 5.51. The fraction of sp³-hybridized carbons (Fsp3) is 0.417. The van der Waals surface area contributed by atoms with Crippen LogP contribution in [0.3, 0.4) is 0 Å². The highest BCUT2D eigenvalue weighted by atomic mass is 79.9. The molecule has 2 rings (SSSR count). The van der Waals surface area contributed by atoms with Gasteiger partial charge in [-0.25, -0.2) is 0 Å². The highest BCUT2D eigenvalue weighted by molar-refractivity contribution is 9.10. The van der Waals surface area contributed by atoms with E-state index in [0.717, 1.165) is 36.0 Å². The second-order valence-corrected chi connectivity index (χ2v) is 5.42. The lowest BCUT2D eigenvalue weighted by atomic mass is 10.1. The van der Waals surface area contributed by atoms with E-state index in [1.54, 1.807) is 18.2 Å². The molecule has 0 radical (unpaired) electrons. The summed E-state index contributed by atoms with van der Waals surface area (Å²) < 4.78 is 0.738. The first-order valence-corrected chi connectivity index (χ1v) is 6.68. The van der Waals surface area contributed by atoms with Gasteiger partial charge in [-0.05, 0) is 59.6 Å². The van der Waals surface area contributed by atoms with E-state index in [1.807, 2.05) is 4.90 Å². The molecule has 5 heteroatoms. The fourth-order valence-corrected chi connectivity index (χ4v) is 2.71. The second kappa shape index (κ2) is 5.38. The Balaban J connectivity index is 2.31. The van der Waals surface area contributed by atoms with Crippen LogP contribution in [0.25, 0.3) is 0 Å². The molecular formula is C12H13BrClNO2. The third kappa shape index (κ3) is 2.81. The summed E-state index contributed by atoms with van der Waals surface area (Å²) in [6.45, 7) is 1.69. The van der Waals surface area contributed by atoms with Crippen molar-refractivity contribution in [2.45, 2.75) is 18.9 Å². The summed E-state index contributed by atoms with van der Waals surface area (Å²) in [6.07, 6.45) is 2.14. The van der Waals surface area contributed by atoms with E-state index in [-0.39, 0.29) is 0 Å². The summed E-state index contributed by atoms with van der Waals surface area (Å²) in [5.41, 5.74) is 0.774. The number of hydrogen-bond acceptors (Lipinski definition) is 2. The van der Waals surface area contributed by atoms with Gasteiger partial charge in [-0.1, -0.05) is 17.7 Å². The Morgan fingerprint density at radius 3 is 2.59 bits per heavy atom. The molecular weight excluding hydrogens is 305 g/mol. The smallest absolute Gasteiger partial charge is 0.325 e. The molecule has 0 aromatic heterocycles. The van der Waals surface area contributed by atoms with E-state index in [4.69, 9.17) is 11.6 Å². The number of nitrogens with zero attached hydrogens (tertiary/aromatic N) is 1. The Morgan fingerprint density at radius 1 is 1.41 bits per heavy atom. The molecule has 0 spiro atoms. The van der Waals surface area contributed by atoms with Crippen LogP contribution in [0.15, 0.2) is 22.7 Å². The molecule has 1 aromatic rings. The van der Waals surface area contributed by atoms with Gasteiger partial charge in [0.15, 0.2) is 0 Å². The zero-order chi connectivity index (χ0) is 12.4. The van der Waals surface area contributed by atoms with Gasteiger partial charge in [0.2, 0.25) is 0 Å². The zero-order valence-corrected chi connectivity index (χ0v) is 11.5. The standard InChI is InChI=1S/C12H13BrClNO2/c13-9-7-8(3-4-10(9)14)11(12(16)17)15-5-1-2-6-15/h3-4,7,11H,1-2,5-6H2,(H,16,17). The molecule has 1 saturated heterocycles. The molecule has 1 aliphatic heterocycles. The van der Waals surface area contributed by atoms with Crippen molar-refractivity contribution in [2.24, 2.45) is 0 Å². The monoisotopic (exact) mass is 317 g/mol. The quantitative estimate of drug-likeness (QED) is 0.929. The highest BCUT2D eigenvalue weighted by Gasteiger charge is 2.29. The molecule has 3 nitrogen and oxygen atoms in total. The largest absolute Gasteiger partial charge is 0.480 e. The number of benzene rings is 1. The van der Waals surface area contributed by atoms with Crippen molar-refractivity contribution in [2.75, 3.05) is 13.1 Å². The minimum Gasteiger partial charge on any atom is -0.480 e. The first-order chi connectivity index (χ1) is 8.09.